The first-order chi connectivity index (χ1) is 38.6. The second-order valence-corrected chi connectivity index (χ2v) is 21.3. The maximum atomic E-state index is 13.2. The number of aliphatic carboxylic acids is 1. The summed E-state index contributed by atoms with van der Waals surface area (Å²) >= 11 is 0. The SMILES string of the molecule is CC/C=C\C/C=C\C/C=C\C/C=C\CCCCCCC(=O)OC(COC(=O)CCCCCCCCCCCCCCCCCCCCC)COC1OC(C(=O)O)C(O)C(O)C1OC(=O)CCCCC/C=C\C/C=C\C/C=C\CC. The van der Waals surface area contributed by atoms with E-state index in [2.05, 4.69) is 106 Å². The second kappa shape index (κ2) is 54.5. The minimum absolute atomic E-state index is 0.0201. The molecule has 79 heavy (non-hydrogen) atoms. The van der Waals surface area contributed by atoms with Crippen LogP contribution in [-0.4, -0.2) is 89.2 Å². The number of hydrogen-bond acceptors (Lipinski definition) is 11. The summed E-state index contributed by atoms with van der Waals surface area (Å²) in [5, 5.41) is 31.5. The standard InChI is InChI=1S/C67H112O12/c1-4-7-10-13-16-19-22-25-27-29-30-32-33-36-38-41-44-47-50-53-59(68)75-56-58(77-60(69)54-51-48-45-42-40-37-34-31-28-26-23-20-17-14-11-8-5-2)57-76-67-65(63(72)62(71)64(79-67)66(73)74)78-61(70)55-52-49-46-43-39-35-24-21-18-15-12-9-6-3/h8-9,11-12,17-18,20-21,26,28,34-35,37,39,58,62-65,67,71-72H,4-7,10,13-16,19,22-25,27,29-33,36,38,40-57H2,1-3H3,(H,73,74)/b11-8-,12-9-,20-17-,21-18-,28-26-,37-34-,39-35-. The maximum Gasteiger partial charge on any atom is 0.335 e. The number of carboxylic acid groups (broad SMARTS) is 1. The van der Waals surface area contributed by atoms with Crippen LogP contribution in [0.2, 0.25) is 0 Å². The molecule has 1 fully saturated rings. The number of unbranched alkanes of at least 4 members (excludes halogenated alkanes) is 25. The van der Waals surface area contributed by atoms with Crippen molar-refractivity contribution in [2.75, 3.05) is 13.2 Å². The van der Waals surface area contributed by atoms with Crippen LogP contribution in [0.1, 0.15) is 265 Å². The van der Waals surface area contributed by atoms with Crippen molar-refractivity contribution in [3.8, 4) is 0 Å². The zero-order valence-corrected chi connectivity index (χ0v) is 49.8. The number of carboxylic acids is 1. The average Bonchev–Trinajstić information content (AvgIpc) is 3.46. The number of ether oxygens (including phenoxy) is 5. The molecule has 0 aliphatic carbocycles. The average molecular weight is 1110 g/mol. The third kappa shape index (κ3) is 44.3. The molecule has 0 amide bonds. The second-order valence-electron chi connectivity index (χ2n) is 21.3. The molecule has 0 saturated carbocycles. The number of hydrogen-bond donors (Lipinski definition) is 3. The maximum absolute atomic E-state index is 13.2. The number of aliphatic hydroxyl groups is 2. The van der Waals surface area contributed by atoms with Crippen LogP contribution in [0.25, 0.3) is 0 Å². The van der Waals surface area contributed by atoms with Crippen molar-refractivity contribution in [3.05, 3.63) is 85.1 Å². The minimum atomic E-state index is -1.92. The van der Waals surface area contributed by atoms with Gasteiger partial charge >= 0.3 is 23.9 Å². The fourth-order valence-electron chi connectivity index (χ4n) is 9.20. The molecule has 452 valence electrons. The van der Waals surface area contributed by atoms with Gasteiger partial charge in [-0.15, -0.1) is 0 Å². The topological polar surface area (TPSA) is 175 Å². The van der Waals surface area contributed by atoms with E-state index in [1.807, 2.05) is 0 Å². The lowest BCUT2D eigenvalue weighted by Gasteiger charge is -2.40. The highest BCUT2D eigenvalue weighted by molar-refractivity contribution is 5.74. The quantitative estimate of drug-likeness (QED) is 0.0228. The van der Waals surface area contributed by atoms with Gasteiger partial charge in [-0.25, -0.2) is 4.79 Å². The summed E-state index contributed by atoms with van der Waals surface area (Å²) in [6, 6.07) is 0. The summed E-state index contributed by atoms with van der Waals surface area (Å²) in [4.78, 5) is 51.2. The highest BCUT2D eigenvalue weighted by atomic mass is 16.7. The molecule has 0 bridgehead atoms. The minimum Gasteiger partial charge on any atom is -0.479 e. The Labute approximate surface area is 480 Å². The monoisotopic (exact) mass is 1110 g/mol. The predicted octanol–water partition coefficient (Wildman–Crippen LogP) is 16.7. The zero-order valence-electron chi connectivity index (χ0n) is 49.8. The summed E-state index contributed by atoms with van der Waals surface area (Å²) < 4.78 is 28.4. The van der Waals surface area contributed by atoms with Gasteiger partial charge in [0.1, 0.15) is 18.8 Å². The van der Waals surface area contributed by atoms with Crippen LogP contribution >= 0.6 is 0 Å². The summed E-state index contributed by atoms with van der Waals surface area (Å²) in [6.45, 7) is 5.75. The molecule has 1 heterocycles. The third-order valence-corrected chi connectivity index (χ3v) is 14.0. The van der Waals surface area contributed by atoms with Crippen LogP contribution in [-0.2, 0) is 42.9 Å². The summed E-state index contributed by atoms with van der Waals surface area (Å²) in [5.74, 6) is -3.18. The smallest absolute Gasteiger partial charge is 0.335 e. The van der Waals surface area contributed by atoms with Crippen molar-refractivity contribution in [1.82, 2.24) is 0 Å². The molecule has 6 unspecified atom stereocenters. The molecule has 0 radical (unpaired) electrons. The number of carbonyl (C=O) groups is 4. The first-order valence-corrected chi connectivity index (χ1v) is 31.6. The van der Waals surface area contributed by atoms with E-state index in [4.69, 9.17) is 23.7 Å². The van der Waals surface area contributed by atoms with Crippen LogP contribution in [0.3, 0.4) is 0 Å². The van der Waals surface area contributed by atoms with Crippen LogP contribution in [0.15, 0.2) is 85.1 Å². The van der Waals surface area contributed by atoms with Crippen molar-refractivity contribution in [2.45, 2.75) is 302 Å². The van der Waals surface area contributed by atoms with Crippen molar-refractivity contribution in [2.24, 2.45) is 0 Å². The Morgan fingerprint density at radius 3 is 1.23 bits per heavy atom. The van der Waals surface area contributed by atoms with Crippen molar-refractivity contribution < 1.29 is 58.2 Å². The highest BCUT2D eigenvalue weighted by Gasteiger charge is 2.50. The zero-order chi connectivity index (χ0) is 57.5. The van der Waals surface area contributed by atoms with E-state index in [1.54, 1.807) is 0 Å². The lowest BCUT2D eigenvalue weighted by Crippen LogP contribution is -2.61. The van der Waals surface area contributed by atoms with Crippen molar-refractivity contribution >= 4 is 23.9 Å². The van der Waals surface area contributed by atoms with Crippen molar-refractivity contribution in [3.63, 3.8) is 0 Å². The van der Waals surface area contributed by atoms with Crippen LogP contribution in [0.5, 0.6) is 0 Å². The van der Waals surface area contributed by atoms with Gasteiger partial charge in [0.15, 0.2) is 24.6 Å². The normalized spacial score (nSPS) is 18.4. The van der Waals surface area contributed by atoms with Crippen molar-refractivity contribution in [1.29, 1.82) is 0 Å². The van der Waals surface area contributed by atoms with Crippen LogP contribution in [0, 0.1) is 0 Å². The fraction of sp³-hybridized carbons (Fsp3) is 0.731. The number of allylic oxidation sites excluding steroid dienone is 14. The molecule has 1 aliphatic heterocycles. The third-order valence-electron chi connectivity index (χ3n) is 14.0. The summed E-state index contributed by atoms with van der Waals surface area (Å²) in [6.07, 6.45) is 58.4. The van der Waals surface area contributed by atoms with Gasteiger partial charge in [0.25, 0.3) is 0 Å². The molecule has 1 aliphatic rings. The number of esters is 3. The fourth-order valence-corrected chi connectivity index (χ4v) is 9.20. The van der Waals surface area contributed by atoms with E-state index in [-0.39, 0.29) is 25.9 Å². The number of carbonyl (C=O) groups excluding carboxylic acids is 3. The number of rotatable bonds is 53. The van der Waals surface area contributed by atoms with Gasteiger partial charge in [0, 0.05) is 19.3 Å². The molecule has 12 heteroatoms. The molecule has 1 saturated heterocycles. The number of aliphatic hydroxyl groups excluding tert-OH is 2. The highest BCUT2D eigenvalue weighted by Crippen LogP contribution is 2.26. The first-order valence-electron chi connectivity index (χ1n) is 31.6. The molecule has 1 rings (SSSR count). The lowest BCUT2D eigenvalue weighted by atomic mass is 9.98. The van der Waals surface area contributed by atoms with E-state index in [9.17, 15) is 34.5 Å². The Morgan fingerprint density at radius 2 is 0.797 bits per heavy atom. The Hall–Kier alpha value is -4.10. The van der Waals surface area contributed by atoms with Gasteiger partial charge < -0.3 is 39.0 Å². The first kappa shape index (κ1) is 72.9. The lowest BCUT2D eigenvalue weighted by molar-refractivity contribution is -0.301. The molecular formula is C67H112O12. The molecule has 3 N–H and O–H groups in total. The van der Waals surface area contributed by atoms with Crippen LogP contribution < -0.4 is 0 Å². The van der Waals surface area contributed by atoms with Gasteiger partial charge in [-0.2, -0.15) is 0 Å². The summed E-state index contributed by atoms with van der Waals surface area (Å²) in [7, 11) is 0. The largest absolute Gasteiger partial charge is 0.479 e. The molecule has 6 atom stereocenters. The predicted molar refractivity (Wildman–Crippen MR) is 321 cm³/mol. The molecule has 0 aromatic carbocycles. The van der Waals surface area contributed by atoms with Gasteiger partial charge in [-0.3, -0.25) is 14.4 Å². The molecule has 0 aromatic heterocycles. The van der Waals surface area contributed by atoms with Crippen LogP contribution in [0.4, 0.5) is 0 Å². The van der Waals surface area contributed by atoms with E-state index in [0.717, 1.165) is 109 Å². The molecular weight excluding hydrogens is 997 g/mol. The Morgan fingerprint density at radius 1 is 0.430 bits per heavy atom. The molecule has 0 spiro atoms. The van der Waals surface area contributed by atoms with E-state index < -0.39 is 67.3 Å². The Bertz CT molecular complexity index is 1700. The van der Waals surface area contributed by atoms with E-state index >= 15 is 0 Å². The van der Waals surface area contributed by atoms with Gasteiger partial charge in [-0.05, 0) is 89.9 Å². The molecule has 12 nitrogen and oxygen atoms in total. The molecule has 0 aromatic rings. The Balaban J connectivity index is 2.68. The van der Waals surface area contributed by atoms with Gasteiger partial charge in [0.05, 0.1) is 6.61 Å². The van der Waals surface area contributed by atoms with E-state index in [1.165, 1.54) is 96.3 Å². The van der Waals surface area contributed by atoms with Gasteiger partial charge in [0.2, 0.25) is 0 Å². The Kier molecular flexibility index (Phi) is 50.3. The summed E-state index contributed by atoms with van der Waals surface area (Å²) in [5.41, 5.74) is 0. The van der Waals surface area contributed by atoms with Gasteiger partial charge in [-0.1, -0.05) is 241 Å². The van der Waals surface area contributed by atoms with E-state index in [0.29, 0.717) is 19.3 Å².